The van der Waals surface area contributed by atoms with Crippen molar-refractivity contribution in [3.05, 3.63) is 34.6 Å². The molecule has 0 atom stereocenters. The highest BCUT2D eigenvalue weighted by Gasteiger charge is 2.17. The van der Waals surface area contributed by atoms with Gasteiger partial charge in [-0.15, -0.1) is 0 Å². The Morgan fingerprint density at radius 3 is 2.36 bits per heavy atom. The number of aryl methyl sites for hydroxylation is 4. The average Bonchev–Trinajstić information content (AvgIpc) is 2.82. The van der Waals surface area contributed by atoms with Gasteiger partial charge in [-0.25, -0.2) is 9.97 Å². The molecule has 3 rings (SSSR count). The summed E-state index contributed by atoms with van der Waals surface area (Å²) in [5.41, 5.74) is 7.48. The Bertz CT molecular complexity index is 825. The molecule has 0 fully saturated rings. The minimum Gasteiger partial charge on any atom is -0.368 e. The van der Waals surface area contributed by atoms with E-state index in [1.54, 1.807) is 0 Å². The van der Waals surface area contributed by atoms with E-state index in [0.29, 0.717) is 0 Å². The number of nitrogens with zero attached hydrogens (tertiary/aromatic N) is 3. The summed E-state index contributed by atoms with van der Waals surface area (Å²) in [6.45, 7) is 11.1. The number of hydrogen-bond donors (Lipinski definition) is 2. The van der Waals surface area contributed by atoms with E-state index in [4.69, 9.17) is 0 Å². The molecule has 0 spiro atoms. The molecule has 0 saturated carbocycles. The van der Waals surface area contributed by atoms with Crippen LogP contribution >= 0.6 is 0 Å². The smallest absolute Gasteiger partial charge is 0.155 e. The molecule has 114 valence electrons. The SMILES string of the molecule is CCNc1nc(C)nc2c(-c3c(C)cc(C)cc3C)n[nH]c12. The van der Waals surface area contributed by atoms with E-state index in [0.717, 1.165) is 40.5 Å². The topological polar surface area (TPSA) is 66.5 Å². The molecule has 2 aromatic heterocycles. The molecule has 0 aliphatic heterocycles. The first-order valence-electron chi connectivity index (χ1n) is 7.56. The third-order valence-corrected chi connectivity index (χ3v) is 3.78. The fourth-order valence-corrected chi connectivity index (χ4v) is 3.04. The van der Waals surface area contributed by atoms with E-state index in [2.05, 4.69) is 65.3 Å². The molecule has 0 unspecified atom stereocenters. The standard InChI is InChI=1S/C17H21N5/c1-6-18-17-16-15(19-12(5)20-17)14(21-22-16)13-10(3)7-9(2)8-11(13)4/h7-8H,6H2,1-5H3,(H,21,22)(H,18,19,20). The van der Waals surface area contributed by atoms with Crippen molar-refractivity contribution >= 4 is 16.9 Å². The van der Waals surface area contributed by atoms with Gasteiger partial charge in [-0.05, 0) is 45.7 Å². The maximum atomic E-state index is 4.61. The lowest BCUT2D eigenvalue weighted by Gasteiger charge is -2.09. The second kappa shape index (κ2) is 5.40. The molecular formula is C17H21N5. The Morgan fingerprint density at radius 2 is 1.73 bits per heavy atom. The Morgan fingerprint density at radius 1 is 1.05 bits per heavy atom. The monoisotopic (exact) mass is 295 g/mol. The maximum Gasteiger partial charge on any atom is 0.155 e. The lowest BCUT2D eigenvalue weighted by molar-refractivity contribution is 1.06. The largest absolute Gasteiger partial charge is 0.368 e. The fraction of sp³-hybridized carbons (Fsp3) is 0.353. The summed E-state index contributed by atoms with van der Waals surface area (Å²) < 4.78 is 0. The molecule has 0 aliphatic carbocycles. The first kappa shape index (κ1) is 14.5. The van der Waals surface area contributed by atoms with Crippen LogP contribution in [0.5, 0.6) is 0 Å². The third-order valence-electron chi connectivity index (χ3n) is 3.78. The van der Waals surface area contributed by atoms with Crippen LogP contribution < -0.4 is 5.32 Å². The predicted octanol–water partition coefficient (Wildman–Crippen LogP) is 3.69. The van der Waals surface area contributed by atoms with Gasteiger partial charge < -0.3 is 5.32 Å². The minimum absolute atomic E-state index is 0.744. The summed E-state index contributed by atoms with van der Waals surface area (Å²) in [6, 6.07) is 4.37. The quantitative estimate of drug-likeness (QED) is 0.773. The van der Waals surface area contributed by atoms with Crippen molar-refractivity contribution in [2.45, 2.75) is 34.6 Å². The number of aromatic amines is 1. The Hall–Kier alpha value is -2.43. The Kier molecular flexibility index (Phi) is 3.56. The van der Waals surface area contributed by atoms with Crippen molar-refractivity contribution in [1.29, 1.82) is 0 Å². The van der Waals surface area contributed by atoms with Crippen LogP contribution in [0.2, 0.25) is 0 Å². The predicted molar refractivity (Wildman–Crippen MR) is 90.2 cm³/mol. The number of benzene rings is 1. The van der Waals surface area contributed by atoms with E-state index in [1.165, 1.54) is 16.7 Å². The molecule has 5 heteroatoms. The molecule has 0 amide bonds. The van der Waals surface area contributed by atoms with Crippen molar-refractivity contribution in [3.63, 3.8) is 0 Å². The summed E-state index contributed by atoms with van der Waals surface area (Å²) in [7, 11) is 0. The zero-order valence-corrected chi connectivity index (χ0v) is 13.7. The van der Waals surface area contributed by atoms with Crippen LogP contribution in [0.1, 0.15) is 29.4 Å². The fourth-order valence-electron chi connectivity index (χ4n) is 3.04. The number of hydrogen-bond acceptors (Lipinski definition) is 4. The molecule has 2 heterocycles. The highest BCUT2D eigenvalue weighted by atomic mass is 15.2. The van der Waals surface area contributed by atoms with Gasteiger partial charge in [0, 0.05) is 12.1 Å². The lowest BCUT2D eigenvalue weighted by Crippen LogP contribution is -2.02. The van der Waals surface area contributed by atoms with Gasteiger partial charge in [-0.3, -0.25) is 5.10 Å². The first-order chi connectivity index (χ1) is 10.5. The maximum absolute atomic E-state index is 4.61. The normalized spacial score (nSPS) is 11.1. The van der Waals surface area contributed by atoms with E-state index < -0.39 is 0 Å². The number of aromatic nitrogens is 4. The molecule has 0 bridgehead atoms. The summed E-state index contributed by atoms with van der Waals surface area (Å²) in [5.74, 6) is 1.56. The van der Waals surface area contributed by atoms with Gasteiger partial charge in [0.15, 0.2) is 5.82 Å². The molecule has 22 heavy (non-hydrogen) atoms. The molecule has 3 aromatic rings. The Labute approximate surface area is 130 Å². The molecule has 0 radical (unpaired) electrons. The van der Waals surface area contributed by atoms with Crippen LogP contribution in [-0.2, 0) is 0 Å². The van der Waals surface area contributed by atoms with Crippen molar-refractivity contribution in [2.24, 2.45) is 0 Å². The highest BCUT2D eigenvalue weighted by molar-refractivity contribution is 5.96. The molecule has 1 aromatic carbocycles. The molecule has 5 nitrogen and oxygen atoms in total. The molecule has 2 N–H and O–H groups in total. The van der Waals surface area contributed by atoms with E-state index in [-0.39, 0.29) is 0 Å². The van der Waals surface area contributed by atoms with Crippen molar-refractivity contribution < 1.29 is 0 Å². The summed E-state index contributed by atoms with van der Waals surface area (Å²) in [4.78, 5) is 9.08. The van der Waals surface area contributed by atoms with E-state index >= 15 is 0 Å². The number of anilines is 1. The second-order valence-electron chi connectivity index (χ2n) is 5.72. The zero-order chi connectivity index (χ0) is 15.9. The number of fused-ring (bicyclic) bond motifs is 1. The van der Waals surface area contributed by atoms with Crippen LogP contribution in [0.15, 0.2) is 12.1 Å². The number of H-pyrrole nitrogens is 1. The van der Waals surface area contributed by atoms with Crippen molar-refractivity contribution in [1.82, 2.24) is 20.2 Å². The molecule has 0 saturated heterocycles. The van der Waals surface area contributed by atoms with Crippen LogP contribution in [0.3, 0.4) is 0 Å². The lowest BCUT2D eigenvalue weighted by atomic mass is 9.97. The van der Waals surface area contributed by atoms with Crippen LogP contribution in [0.25, 0.3) is 22.3 Å². The Balaban J connectivity index is 2.29. The minimum atomic E-state index is 0.744. The van der Waals surface area contributed by atoms with Gasteiger partial charge in [0.25, 0.3) is 0 Å². The van der Waals surface area contributed by atoms with Crippen LogP contribution in [0, 0.1) is 27.7 Å². The van der Waals surface area contributed by atoms with Crippen LogP contribution in [-0.4, -0.2) is 26.7 Å². The highest BCUT2D eigenvalue weighted by Crippen LogP contribution is 2.33. The van der Waals surface area contributed by atoms with Gasteiger partial charge in [-0.1, -0.05) is 17.7 Å². The van der Waals surface area contributed by atoms with Gasteiger partial charge in [0.05, 0.1) is 0 Å². The van der Waals surface area contributed by atoms with Gasteiger partial charge in [0.2, 0.25) is 0 Å². The van der Waals surface area contributed by atoms with Gasteiger partial charge >= 0.3 is 0 Å². The van der Waals surface area contributed by atoms with Crippen molar-refractivity contribution in [3.8, 4) is 11.3 Å². The molecule has 0 aliphatic rings. The summed E-state index contributed by atoms with van der Waals surface area (Å²) in [6.07, 6.45) is 0. The second-order valence-corrected chi connectivity index (χ2v) is 5.72. The molecular weight excluding hydrogens is 274 g/mol. The van der Waals surface area contributed by atoms with Gasteiger partial charge in [-0.2, -0.15) is 5.10 Å². The summed E-state index contributed by atoms with van der Waals surface area (Å²) in [5, 5.41) is 10.9. The third kappa shape index (κ3) is 2.32. The van der Waals surface area contributed by atoms with Crippen LogP contribution in [0.4, 0.5) is 5.82 Å². The van der Waals surface area contributed by atoms with Gasteiger partial charge in [0.1, 0.15) is 22.6 Å². The van der Waals surface area contributed by atoms with Crippen molar-refractivity contribution in [2.75, 3.05) is 11.9 Å². The number of nitrogens with one attached hydrogen (secondary N) is 2. The average molecular weight is 295 g/mol. The zero-order valence-electron chi connectivity index (χ0n) is 13.7. The number of rotatable bonds is 3. The van der Waals surface area contributed by atoms with E-state index in [9.17, 15) is 0 Å². The summed E-state index contributed by atoms with van der Waals surface area (Å²) >= 11 is 0. The van der Waals surface area contributed by atoms with E-state index in [1.807, 2.05) is 6.92 Å². The first-order valence-corrected chi connectivity index (χ1v) is 7.56.